The highest BCUT2D eigenvalue weighted by atomic mass is 35.5. The average molecular weight is 306 g/mol. The van der Waals surface area contributed by atoms with E-state index in [1.165, 1.54) is 5.56 Å². The van der Waals surface area contributed by atoms with Crippen LogP contribution in [0.25, 0.3) is 0 Å². The number of nitrogens with zero attached hydrogens (tertiary/aromatic N) is 3. The summed E-state index contributed by atoms with van der Waals surface area (Å²) >= 11 is 5.88. The van der Waals surface area contributed by atoms with E-state index in [0.29, 0.717) is 18.4 Å². The predicted molar refractivity (Wildman–Crippen MR) is 82.1 cm³/mol. The molecule has 1 atom stereocenters. The van der Waals surface area contributed by atoms with Crippen LogP contribution in [0.4, 0.5) is 11.9 Å². The third kappa shape index (κ3) is 3.33. The summed E-state index contributed by atoms with van der Waals surface area (Å²) in [6.45, 7) is 3.30. The van der Waals surface area contributed by atoms with E-state index in [9.17, 15) is 0 Å². The number of anilines is 2. The third-order valence-electron chi connectivity index (χ3n) is 3.14. The van der Waals surface area contributed by atoms with E-state index in [1.54, 1.807) is 0 Å². The SMILES string of the molecule is CCNc1nc(Cl)nc(NCC2Cc3ccccc3O2)n1. The Morgan fingerprint density at radius 1 is 1.19 bits per heavy atom. The lowest BCUT2D eigenvalue weighted by Gasteiger charge is -2.12. The lowest BCUT2D eigenvalue weighted by Crippen LogP contribution is -2.25. The van der Waals surface area contributed by atoms with Crippen molar-refractivity contribution in [2.45, 2.75) is 19.4 Å². The highest BCUT2D eigenvalue weighted by Gasteiger charge is 2.22. The van der Waals surface area contributed by atoms with E-state index < -0.39 is 0 Å². The Kier molecular flexibility index (Phi) is 4.06. The van der Waals surface area contributed by atoms with Gasteiger partial charge in [0, 0.05) is 13.0 Å². The first-order valence-electron chi connectivity index (χ1n) is 6.88. The first kappa shape index (κ1) is 13.9. The number of para-hydroxylation sites is 1. The molecule has 3 rings (SSSR count). The molecular formula is C14H16ClN5O. The molecule has 2 heterocycles. The molecule has 21 heavy (non-hydrogen) atoms. The van der Waals surface area contributed by atoms with Crippen molar-refractivity contribution in [1.82, 2.24) is 15.0 Å². The fraction of sp³-hybridized carbons (Fsp3) is 0.357. The van der Waals surface area contributed by atoms with Gasteiger partial charge in [-0.15, -0.1) is 0 Å². The van der Waals surface area contributed by atoms with Gasteiger partial charge in [0.25, 0.3) is 0 Å². The van der Waals surface area contributed by atoms with Gasteiger partial charge in [0.05, 0.1) is 6.54 Å². The number of fused-ring (bicyclic) bond motifs is 1. The van der Waals surface area contributed by atoms with Crippen molar-refractivity contribution >= 4 is 23.5 Å². The summed E-state index contributed by atoms with van der Waals surface area (Å²) in [7, 11) is 0. The number of hydrogen-bond acceptors (Lipinski definition) is 6. The maximum Gasteiger partial charge on any atom is 0.228 e. The second-order valence-electron chi connectivity index (χ2n) is 4.71. The van der Waals surface area contributed by atoms with Crippen molar-refractivity contribution in [3.05, 3.63) is 35.1 Å². The fourth-order valence-electron chi connectivity index (χ4n) is 2.24. The van der Waals surface area contributed by atoms with Gasteiger partial charge in [0.15, 0.2) is 0 Å². The van der Waals surface area contributed by atoms with Crippen LogP contribution >= 0.6 is 11.6 Å². The second kappa shape index (κ2) is 6.13. The predicted octanol–water partition coefficient (Wildman–Crippen LogP) is 2.37. The van der Waals surface area contributed by atoms with Crippen LogP contribution in [0.1, 0.15) is 12.5 Å². The third-order valence-corrected chi connectivity index (χ3v) is 3.31. The minimum Gasteiger partial charge on any atom is -0.488 e. The fourth-order valence-corrected chi connectivity index (χ4v) is 2.40. The number of ether oxygens (including phenoxy) is 1. The Hall–Kier alpha value is -2.08. The molecule has 0 saturated carbocycles. The molecule has 0 bridgehead atoms. The Bertz CT molecular complexity index is 612. The van der Waals surface area contributed by atoms with Gasteiger partial charge < -0.3 is 15.4 Å². The molecule has 1 unspecified atom stereocenters. The number of benzene rings is 1. The summed E-state index contributed by atoms with van der Waals surface area (Å²) in [6, 6.07) is 8.06. The maximum atomic E-state index is 5.88. The van der Waals surface area contributed by atoms with E-state index >= 15 is 0 Å². The highest BCUT2D eigenvalue weighted by molar-refractivity contribution is 6.28. The quantitative estimate of drug-likeness (QED) is 0.883. The van der Waals surface area contributed by atoms with Gasteiger partial charge in [-0.25, -0.2) is 0 Å². The Morgan fingerprint density at radius 2 is 1.95 bits per heavy atom. The van der Waals surface area contributed by atoms with Crippen LogP contribution in [0.15, 0.2) is 24.3 Å². The molecule has 0 amide bonds. The van der Waals surface area contributed by atoms with Crippen LogP contribution in [0.2, 0.25) is 5.28 Å². The number of rotatable bonds is 5. The topological polar surface area (TPSA) is 72.0 Å². The van der Waals surface area contributed by atoms with Crippen molar-refractivity contribution in [1.29, 1.82) is 0 Å². The number of aromatic nitrogens is 3. The van der Waals surface area contributed by atoms with E-state index in [4.69, 9.17) is 16.3 Å². The first-order chi connectivity index (χ1) is 10.2. The van der Waals surface area contributed by atoms with E-state index in [-0.39, 0.29) is 11.4 Å². The normalized spacial score (nSPS) is 16.2. The summed E-state index contributed by atoms with van der Waals surface area (Å²) < 4.78 is 5.85. The zero-order chi connectivity index (χ0) is 14.7. The van der Waals surface area contributed by atoms with Crippen molar-refractivity contribution in [3.8, 4) is 5.75 Å². The molecule has 7 heteroatoms. The maximum absolute atomic E-state index is 5.88. The van der Waals surface area contributed by atoms with Crippen LogP contribution in [0.3, 0.4) is 0 Å². The van der Waals surface area contributed by atoms with Crippen LogP contribution in [-0.2, 0) is 6.42 Å². The number of hydrogen-bond donors (Lipinski definition) is 2. The van der Waals surface area contributed by atoms with E-state index in [0.717, 1.165) is 18.7 Å². The minimum atomic E-state index is 0.0699. The molecule has 6 nitrogen and oxygen atoms in total. The van der Waals surface area contributed by atoms with Crippen LogP contribution < -0.4 is 15.4 Å². The minimum absolute atomic E-state index is 0.0699. The average Bonchev–Trinajstić information content (AvgIpc) is 2.88. The van der Waals surface area contributed by atoms with Crippen LogP contribution in [0.5, 0.6) is 5.75 Å². The molecule has 0 radical (unpaired) electrons. The van der Waals surface area contributed by atoms with Gasteiger partial charge in [-0.2, -0.15) is 15.0 Å². The Morgan fingerprint density at radius 3 is 2.71 bits per heavy atom. The summed E-state index contributed by atoms with van der Waals surface area (Å²) in [4.78, 5) is 12.3. The van der Waals surface area contributed by atoms with Gasteiger partial charge in [-0.1, -0.05) is 18.2 Å². The summed E-state index contributed by atoms with van der Waals surface area (Å²) in [5, 5.41) is 6.33. The summed E-state index contributed by atoms with van der Waals surface area (Å²) in [6.07, 6.45) is 0.947. The molecular weight excluding hydrogens is 290 g/mol. The van der Waals surface area contributed by atoms with E-state index in [2.05, 4.69) is 31.7 Å². The summed E-state index contributed by atoms with van der Waals surface area (Å²) in [5.41, 5.74) is 1.23. The van der Waals surface area contributed by atoms with Crippen molar-refractivity contribution in [2.24, 2.45) is 0 Å². The Labute approximate surface area is 127 Å². The highest BCUT2D eigenvalue weighted by Crippen LogP contribution is 2.28. The molecule has 0 fully saturated rings. The van der Waals surface area contributed by atoms with E-state index in [1.807, 2.05) is 25.1 Å². The lowest BCUT2D eigenvalue weighted by atomic mass is 10.1. The van der Waals surface area contributed by atoms with Gasteiger partial charge in [-0.3, -0.25) is 0 Å². The molecule has 0 spiro atoms. The molecule has 1 aliphatic heterocycles. The lowest BCUT2D eigenvalue weighted by molar-refractivity contribution is 0.246. The van der Waals surface area contributed by atoms with Gasteiger partial charge in [-0.05, 0) is 30.2 Å². The molecule has 0 saturated heterocycles. The molecule has 0 aliphatic carbocycles. The second-order valence-corrected chi connectivity index (χ2v) is 5.05. The molecule has 1 aromatic carbocycles. The first-order valence-corrected chi connectivity index (χ1v) is 7.26. The Balaban J connectivity index is 1.61. The van der Waals surface area contributed by atoms with Crippen molar-refractivity contribution in [2.75, 3.05) is 23.7 Å². The largest absolute Gasteiger partial charge is 0.488 e. The smallest absolute Gasteiger partial charge is 0.228 e. The van der Waals surface area contributed by atoms with Crippen molar-refractivity contribution in [3.63, 3.8) is 0 Å². The standard InChI is InChI=1S/C14H16ClN5O/c1-2-16-13-18-12(15)19-14(20-13)17-8-10-7-9-5-3-4-6-11(9)21-10/h3-6,10H,2,7-8H2,1H3,(H2,16,17,18,19,20). The zero-order valence-electron chi connectivity index (χ0n) is 11.6. The van der Waals surface area contributed by atoms with Gasteiger partial charge in [0.1, 0.15) is 11.9 Å². The monoisotopic (exact) mass is 305 g/mol. The van der Waals surface area contributed by atoms with Gasteiger partial charge >= 0.3 is 0 Å². The van der Waals surface area contributed by atoms with Crippen LogP contribution in [-0.4, -0.2) is 34.1 Å². The number of halogens is 1. The summed E-state index contributed by atoms with van der Waals surface area (Å²) in [5.74, 6) is 1.87. The molecule has 110 valence electrons. The van der Waals surface area contributed by atoms with Crippen LogP contribution in [0, 0.1) is 0 Å². The molecule has 2 aromatic rings. The zero-order valence-corrected chi connectivity index (χ0v) is 12.4. The van der Waals surface area contributed by atoms with Crippen molar-refractivity contribution < 1.29 is 4.74 Å². The molecule has 1 aliphatic rings. The number of nitrogens with one attached hydrogen (secondary N) is 2. The molecule has 2 N–H and O–H groups in total. The van der Waals surface area contributed by atoms with Gasteiger partial charge in [0.2, 0.25) is 17.2 Å². The molecule has 1 aromatic heterocycles.